The van der Waals surface area contributed by atoms with E-state index in [0.29, 0.717) is 12.1 Å². The summed E-state index contributed by atoms with van der Waals surface area (Å²) >= 11 is 0. The van der Waals surface area contributed by atoms with Gasteiger partial charge in [0.1, 0.15) is 5.69 Å². The molecule has 1 aromatic rings. The molecule has 0 amide bonds. The molecule has 2 heterocycles. The second-order valence-corrected chi connectivity index (χ2v) is 5.07. The van der Waals surface area contributed by atoms with Crippen LogP contribution in [0.25, 0.3) is 0 Å². The normalized spacial score (nSPS) is 19.2. The smallest absolute Gasteiger partial charge is 0.180 e. The first-order valence-corrected chi connectivity index (χ1v) is 6.98. The summed E-state index contributed by atoms with van der Waals surface area (Å²) in [5, 5.41) is 0. The van der Waals surface area contributed by atoms with Gasteiger partial charge in [-0.3, -0.25) is 9.78 Å². The number of carbonyl (C=O) groups is 1. The Labute approximate surface area is 109 Å². The lowest BCUT2D eigenvalue weighted by atomic mass is 10.0. The highest BCUT2D eigenvalue weighted by atomic mass is 16.1. The van der Waals surface area contributed by atoms with Crippen molar-refractivity contribution in [3.63, 3.8) is 0 Å². The summed E-state index contributed by atoms with van der Waals surface area (Å²) in [6, 6.07) is 3.89. The largest absolute Gasteiger partial charge is 0.370 e. The van der Waals surface area contributed by atoms with Crippen molar-refractivity contribution in [1.29, 1.82) is 0 Å². The number of Topliss-reactive ketones (excluding diaryl/α,β-unsaturated/α-hetero) is 1. The molecule has 3 nitrogen and oxygen atoms in total. The molecule has 0 bridgehead atoms. The number of aromatic nitrogens is 1. The molecule has 1 aliphatic rings. The van der Waals surface area contributed by atoms with Crippen LogP contribution in [-0.4, -0.2) is 23.9 Å². The van der Waals surface area contributed by atoms with Crippen LogP contribution >= 0.6 is 0 Å². The molecular weight excluding hydrogens is 224 g/mol. The maximum Gasteiger partial charge on any atom is 0.180 e. The topological polar surface area (TPSA) is 33.2 Å². The summed E-state index contributed by atoms with van der Waals surface area (Å²) in [6.45, 7) is 6.37. The van der Waals surface area contributed by atoms with Gasteiger partial charge >= 0.3 is 0 Å². The number of rotatable bonds is 5. The predicted molar refractivity (Wildman–Crippen MR) is 74.1 cm³/mol. The van der Waals surface area contributed by atoms with Crippen LogP contribution in [0.15, 0.2) is 18.3 Å². The third-order valence-corrected chi connectivity index (χ3v) is 3.70. The maximum absolute atomic E-state index is 11.5. The van der Waals surface area contributed by atoms with Gasteiger partial charge in [-0.25, -0.2) is 0 Å². The number of ketones is 1. The molecule has 0 aliphatic carbocycles. The number of hydrogen-bond donors (Lipinski definition) is 0. The van der Waals surface area contributed by atoms with Crippen molar-refractivity contribution >= 4 is 11.5 Å². The molecule has 1 fully saturated rings. The molecule has 18 heavy (non-hydrogen) atoms. The van der Waals surface area contributed by atoms with Gasteiger partial charge in [-0.05, 0) is 30.9 Å². The summed E-state index contributed by atoms with van der Waals surface area (Å²) in [5.74, 6) is 0.943. The van der Waals surface area contributed by atoms with Gasteiger partial charge < -0.3 is 4.90 Å². The van der Waals surface area contributed by atoms with Crippen LogP contribution in [0.3, 0.4) is 0 Å². The average molecular weight is 246 g/mol. The van der Waals surface area contributed by atoms with Gasteiger partial charge in [0.05, 0.1) is 11.9 Å². The van der Waals surface area contributed by atoms with E-state index in [9.17, 15) is 4.79 Å². The van der Waals surface area contributed by atoms with Crippen LogP contribution in [0.2, 0.25) is 0 Å². The average Bonchev–Trinajstić information content (AvgIpc) is 2.87. The van der Waals surface area contributed by atoms with Crippen LogP contribution in [0.5, 0.6) is 0 Å². The Morgan fingerprint density at radius 2 is 2.28 bits per heavy atom. The Morgan fingerprint density at radius 1 is 1.44 bits per heavy atom. The Hall–Kier alpha value is -1.38. The summed E-state index contributed by atoms with van der Waals surface area (Å²) in [4.78, 5) is 18.2. The number of carbonyl (C=O) groups excluding carboxylic acids is 1. The van der Waals surface area contributed by atoms with E-state index >= 15 is 0 Å². The molecule has 2 rings (SSSR count). The van der Waals surface area contributed by atoms with E-state index in [-0.39, 0.29) is 5.78 Å². The molecule has 1 atom stereocenters. The third-order valence-electron chi connectivity index (χ3n) is 3.70. The second kappa shape index (κ2) is 5.98. The molecule has 3 heteroatoms. The van der Waals surface area contributed by atoms with Gasteiger partial charge in [0.25, 0.3) is 0 Å². The minimum absolute atomic E-state index is 0.117. The number of hydrogen-bond acceptors (Lipinski definition) is 3. The fourth-order valence-electron chi connectivity index (χ4n) is 2.63. The van der Waals surface area contributed by atoms with Gasteiger partial charge in [-0.1, -0.05) is 20.3 Å². The first-order valence-electron chi connectivity index (χ1n) is 6.98. The van der Waals surface area contributed by atoms with Gasteiger partial charge in [0.15, 0.2) is 5.78 Å². The summed E-state index contributed by atoms with van der Waals surface area (Å²) in [6.07, 6.45) is 6.23. The van der Waals surface area contributed by atoms with E-state index < -0.39 is 0 Å². The first kappa shape index (κ1) is 13.1. The Kier molecular flexibility index (Phi) is 4.34. The van der Waals surface area contributed by atoms with Crippen LogP contribution in [0, 0.1) is 5.92 Å². The Bertz CT molecular complexity index is 399. The standard InChI is InChI=1S/C15H22N2O/c1-3-5-12-8-9-17(11-12)13-6-7-14(16-10-13)15(18)4-2/h6-7,10,12H,3-5,8-9,11H2,1-2H3. The van der Waals surface area contributed by atoms with Crippen molar-refractivity contribution in [2.24, 2.45) is 5.92 Å². The number of pyridine rings is 1. The maximum atomic E-state index is 11.5. The quantitative estimate of drug-likeness (QED) is 0.747. The molecule has 1 aromatic heterocycles. The van der Waals surface area contributed by atoms with Crippen molar-refractivity contribution in [2.75, 3.05) is 18.0 Å². The van der Waals surface area contributed by atoms with Crippen LogP contribution in [0.1, 0.15) is 50.0 Å². The molecule has 98 valence electrons. The monoisotopic (exact) mass is 246 g/mol. The van der Waals surface area contributed by atoms with Crippen molar-refractivity contribution in [3.05, 3.63) is 24.0 Å². The van der Waals surface area contributed by atoms with Crippen molar-refractivity contribution in [1.82, 2.24) is 4.98 Å². The number of nitrogens with zero attached hydrogens (tertiary/aromatic N) is 2. The van der Waals surface area contributed by atoms with E-state index in [4.69, 9.17) is 0 Å². The highest BCUT2D eigenvalue weighted by molar-refractivity contribution is 5.94. The van der Waals surface area contributed by atoms with E-state index in [0.717, 1.165) is 24.7 Å². The highest BCUT2D eigenvalue weighted by Crippen LogP contribution is 2.26. The SMILES string of the molecule is CCCC1CCN(c2ccc(C(=O)CC)nc2)C1. The third kappa shape index (κ3) is 2.89. The Balaban J connectivity index is 2.00. The predicted octanol–water partition coefficient (Wildman–Crippen LogP) is 3.30. The molecule has 1 saturated heterocycles. The van der Waals surface area contributed by atoms with Crippen molar-refractivity contribution < 1.29 is 4.79 Å². The molecule has 0 aromatic carbocycles. The fraction of sp³-hybridized carbons (Fsp3) is 0.600. The molecule has 1 aliphatic heterocycles. The van der Waals surface area contributed by atoms with E-state index in [2.05, 4.69) is 16.8 Å². The summed E-state index contributed by atoms with van der Waals surface area (Å²) in [5.41, 5.74) is 1.74. The van der Waals surface area contributed by atoms with Crippen LogP contribution in [-0.2, 0) is 0 Å². The molecule has 0 saturated carbocycles. The van der Waals surface area contributed by atoms with Crippen LogP contribution < -0.4 is 4.90 Å². The van der Waals surface area contributed by atoms with Gasteiger partial charge in [-0.15, -0.1) is 0 Å². The van der Waals surface area contributed by atoms with Crippen molar-refractivity contribution in [2.45, 2.75) is 39.5 Å². The van der Waals surface area contributed by atoms with E-state index in [1.807, 2.05) is 25.3 Å². The lowest BCUT2D eigenvalue weighted by molar-refractivity contribution is 0.0983. The van der Waals surface area contributed by atoms with E-state index in [1.54, 1.807) is 0 Å². The molecule has 1 unspecified atom stereocenters. The van der Waals surface area contributed by atoms with Gasteiger partial charge in [0.2, 0.25) is 0 Å². The first-order chi connectivity index (χ1) is 8.74. The summed E-state index contributed by atoms with van der Waals surface area (Å²) in [7, 11) is 0. The van der Waals surface area contributed by atoms with Gasteiger partial charge in [0, 0.05) is 19.5 Å². The zero-order valence-electron chi connectivity index (χ0n) is 11.4. The van der Waals surface area contributed by atoms with Crippen LogP contribution in [0.4, 0.5) is 5.69 Å². The minimum atomic E-state index is 0.117. The highest BCUT2D eigenvalue weighted by Gasteiger charge is 2.22. The Morgan fingerprint density at radius 3 is 2.89 bits per heavy atom. The number of anilines is 1. The van der Waals surface area contributed by atoms with Gasteiger partial charge in [-0.2, -0.15) is 0 Å². The lowest BCUT2D eigenvalue weighted by Gasteiger charge is -2.18. The van der Waals surface area contributed by atoms with Crippen molar-refractivity contribution in [3.8, 4) is 0 Å². The minimum Gasteiger partial charge on any atom is -0.370 e. The molecule has 0 radical (unpaired) electrons. The zero-order chi connectivity index (χ0) is 13.0. The lowest BCUT2D eigenvalue weighted by Crippen LogP contribution is -2.20. The molecular formula is C15H22N2O. The second-order valence-electron chi connectivity index (χ2n) is 5.07. The van der Waals surface area contributed by atoms with E-state index in [1.165, 1.54) is 19.3 Å². The molecule has 0 N–H and O–H groups in total. The summed E-state index contributed by atoms with van der Waals surface area (Å²) < 4.78 is 0. The fourth-order valence-corrected chi connectivity index (χ4v) is 2.63. The zero-order valence-corrected chi connectivity index (χ0v) is 11.4. The molecule has 0 spiro atoms.